The van der Waals surface area contributed by atoms with Crippen molar-refractivity contribution in [2.45, 2.75) is 19.8 Å². The Kier molecular flexibility index (Phi) is 5.76. The van der Waals surface area contributed by atoms with Gasteiger partial charge in [0.1, 0.15) is 17.4 Å². The molecule has 0 aliphatic carbocycles. The molecule has 0 atom stereocenters. The van der Waals surface area contributed by atoms with Crippen molar-refractivity contribution in [1.29, 1.82) is 0 Å². The summed E-state index contributed by atoms with van der Waals surface area (Å²) in [6, 6.07) is 15.8. The van der Waals surface area contributed by atoms with Gasteiger partial charge in [0.2, 0.25) is 0 Å². The van der Waals surface area contributed by atoms with E-state index in [2.05, 4.69) is 10.2 Å². The predicted octanol–water partition coefficient (Wildman–Crippen LogP) is 5.08. The first-order valence-corrected chi connectivity index (χ1v) is 10.1. The van der Waals surface area contributed by atoms with Crippen LogP contribution in [0.5, 0.6) is 5.75 Å². The third-order valence-corrected chi connectivity index (χ3v) is 5.34. The molecule has 2 N–H and O–H groups in total. The first kappa shape index (κ1) is 19.4. The number of aromatic nitrogens is 1. The lowest BCUT2D eigenvalue weighted by atomic mass is 10.0. The van der Waals surface area contributed by atoms with Gasteiger partial charge in [-0.1, -0.05) is 23.8 Å². The summed E-state index contributed by atoms with van der Waals surface area (Å²) in [4.78, 5) is 7.18. The van der Waals surface area contributed by atoms with Crippen LogP contribution < -0.4 is 5.32 Å². The zero-order valence-corrected chi connectivity index (χ0v) is 16.7. The smallest absolute Gasteiger partial charge is 0.127 e. The molecule has 1 aliphatic heterocycles. The van der Waals surface area contributed by atoms with Crippen LogP contribution >= 0.6 is 0 Å². The van der Waals surface area contributed by atoms with Crippen molar-refractivity contribution in [3.05, 3.63) is 66.0 Å². The van der Waals surface area contributed by atoms with Gasteiger partial charge in [0.25, 0.3) is 0 Å². The van der Waals surface area contributed by atoms with E-state index >= 15 is 0 Å². The fourth-order valence-electron chi connectivity index (χ4n) is 3.80. The van der Waals surface area contributed by atoms with E-state index < -0.39 is 0 Å². The molecule has 1 fully saturated rings. The molecule has 0 amide bonds. The van der Waals surface area contributed by atoms with Crippen LogP contribution in [0.4, 0.5) is 10.2 Å². The summed E-state index contributed by atoms with van der Waals surface area (Å²) in [5.41, 5.74) is 4.02. The van der Waals surface area contributed by atoms with Gasteiger partial charge in [-0.3, -0.25) is 0 Å². The van der Waals surface area contributed by atoms with E-state index in [9.17, 15) is 9.50 Å². The van der Waals surface area contributed by atoms with Crippen LogP contribution in [0, 0.1) is 12.7 Å². The number of benzene rings is 2. The highest BCUT2D eigenvalue weighted by molar-refractivity contribution is 5.76. The summed E-state index contributed by atoms with van der Waals surface area (Å²) in [6.07, 6.45) is 2.54. The topological polar surface area (TPSA) is 48.4 Å². The zero-order valence-electron chi connectivity index (χ0n) is 16.7. The third kappa shape index (κ3) is 4.74. The average Bonchev–Trinajstić information content (AvgIpc) is 3.23. The maximum atomic E-state index is 13.8. The molecule has 0 spiro atoms. The molecule has 1 saturated heterocycles. The van der Waals surface area contributed by atoms with Crippen LogP contribution in [0.1, 0.15) is 18.4 Å². The van der Waals surface area contributed by atoms with Crippen LogP contribution in [0.2, 0.25) is 0 Å². The first-order valence-electron chi connectivity index (χ1n) is 10.1. The molecule has 150 valence electrons. The molecule has 2 heterocycles. The van der Waals surface area contributed by atoms with E-state index in [0.29, 0.717) is 11.3 Å². The Morgan fingerprint density at radius 1 is 1.03 bits per heavy atom. The SMILES string of the molecule is Cc1ccc(O)c(-c2cc(-c3cccc(F)c3)cc(NCCN3CCCC3)n2)c1. The molecule has 0 saturated carbocycles. The fraction of sp³-hybridized carbons (Fsp3) is 0.292. The lowest BCUT2D eigenvalue weighted by Crippen LogP contribution is -2.26. The Bertz CT molecular complexity index is 999. The minimum Gasteiger partial charge on any atom is -0.507 e. The molecule has 29 heavy (non-hydrogen) atoms. The van der Waals surface area contributed by atoms with Crippen LogP contribution in [0.3, 0.4) is 0 Å². The highest BCUT2D eigenvalue weighted by Crippen LogP contribution is 2.33. The first-order chi connectivity index (χ1) is 14.1. The van der Waals surface area contributed by atoms with Crippen molar-refractivity contribution < 1.29 is 9.50 Å². The number of rotatable bonds is 6. The van der Waals surface area contributed by atoms with Crippen LogP contribution in [-0.2, 0) is 0 Å². The van der Waals surface area contributed by atoms with Gasteiger partial charge in [-0.05, 0) is 80.4 Å². The molecule has 5 heteroatoms. The molecule has 2 aromatic carbocycles. The summed E-state index contributed by atoms with van der Waals surface area (Å²) < 4.78 is 13.8. The largest absolute Gasteiger partial charge is 0.507 e. The molecule has 4 rings (SSSR count). The van der Waals surface area contributed by atoms with Gasteiger partial charge in [0.05, 0.1) is 5.69 Å². The Morgan fingerprint density at radius 3 is 2.66 bits per heavy atom. The number of phenolic OH excluding ortho intramolecular Hbond substituents is 1. The molecular formula is C24H26FN3O. The minimum atomic E-state index is -0.275. The lowest BCUT2D eigenvalue weighted by molar-refractivity contribution is 0.352. The maximum absolute atomic E-state index is 13.8. The van der Waals surface area contributed by atoms with E-state index in [1.54, 1.807) is 12.1 Å². The highest BCUT2D eigenvalue weighted by Gasteiger charge is 2.13. The second kappa shape index (κ2) is 8.62. The van der Waals surface area contributed by atoms with Crippen molar-refractivity contribution in [3.63, 3.8) is 0 Å². The van der Waals surface area contributed by atoms with Crippen molar-refractivity contribution >= 4 is 5.82 Å². The Balaban J connectivity index is 1.67. The van der Waals surface area contributed by atoms with E-state index in [1.807, 2.05) is 37.3 Å². The Morgan fingerprint density at radius 2 is 1.86 bits per heavy atom. The van der Waals surface area contributed by atoms with Crippen LogP contribution in [0.25, 0.3) is 22.4 Å². The second-order valence-corrected chi connectivity index (χ2v) is 7.63. The van der Waals surface area contributed by atoms with Crippen LogP contribution in [0.15, 0.2) is 54.6 Å². The van der Waals surface area contributed by atoms with Gasteiger partial charge in [-0.15, -0.1) is 0 Å². The molecular weight excluding hydrogens is 365 g/mol. The molecule has 0 bridgehead atoms. The maximum Gasteiger partial charge on any atom is 0.127 e. The van der Waals surface area contributed by atoms with E-state index in [1.165, 1.54) is 25.0 Å². The highest BCUT2D eigenvalue weighted by atomic mass is 19.1. The Labute approximate surface area is 171 Å². The summed E-state index contributed by atoms with van der Waals surface area (Å²) >= 11 is 0. The number of anilines is 1. The van der Waals surface area contributed by atoms with Gasteiger partial charge >= 0.3 is 0 Å². The number of phenols is 1. The van der Waals surface area contributed by atoms with Crippen LogP contribution in [-0.4, -0.2) is 41.2 Å². The van der Waals surface area contributed by atoms with Gasteiger partial charge in [-0.2, -0.15) is 0 Å². The standard InChI is InChI=1S/C24H26FN3O/c1-17-7-8-23(29)21(13-17)22-15-19(18-5-4-6-20(25)14-18)16-24(27-22)26-9-12-28-10-2-3-11-28/h4-8,13-16,29H,2-3,9-12H2,1H3,(H,26,27). The van der Waals surface area contributed by atoms with Gasteiger partial charge in [0.15, 0.2) is 0 Å². The number of pyridine rings is 1. The lowest BCUT2D eigenvalue weighted by Gasteiger charge is -2.16. The van der Waals surface area contributed by atoms with Gasteiger partial charge in [-0.25, -0.2) is 9.37 Å². The number of hydrogen-bond donors (Lipinski definition) is 2. The Hall–Kier alpha value is -2.92. The summed E-state index contributed by atoms with van der Waals surface area (Å²) in [5.74, 6) is 0.632. The number of likely N-dealkylation sites (tertiary alicyclic amines) is 1. The number of aryl methyl sites for hydroxylation is 1. The minimum absolute atomic E-state index is 0.183. The molecule has 3 aromatic rings. The van der Waals surface area contributed by atoms with Crippen molar-refractivity contribution in [3.8, 4) is 28.1 Å². The monoisotopic (exact) mass is 391 g/mol. The second-order valence-electron chi connectivity index (χ2n) is 7.63. The molecule has 0 unspecified atom stereocenters. The van der Waals surface area contributed by atoms with Crippen molar-refractivity contribution in [2.24, 2.45) is 0 Å². The molecule has 1 aromatic heterocycles. The van der Waals surface area contributed by atoms with Gasteiger partial charge < -0.3 is 15.3 Å². The van der Waals surface area contributed by atoms with Crippen molar-refractivity contribution in [1.82, 2.24) is 9.88 Å². The van der Waals surface area contributed by atoms with E-state index in [4.69, 9.17) is 4.98 Å². The fourth-order valence-corrected chi connectivity index (χ4v) is 3.80. The zero-order chi connectivity index (χ0) is 20.2. The number of nitrogens with zero attached hydrogens (tertiary/aromatic N) is 2. The number of nitrogens with one attached hydrogen (secondary N) is 1. The molecule has 1 aliphatic rings. The normalized spacial score (nSPS) is 14.3. The van der Waals surface area contributed by atoms with Gasteiger partial charge in [0, 0.05) is 18.7 Å². The molecule has 4 nitrogen and oxygen atoms in total. The summed E-state index contributed by atoms with van der Waals surface area (Å²) in [6.45, 7) is 6.05. The quantitative estimate of drug-likeness (QED) is 0.615. The summed E-state index contributed by atoms with van der Waals surface area (Å²) in [5, 5.41) is 13.8. The summed E-state index contributed by atoms with van der Waals surface area (Å²) in [7, 11) is 0. The average molecular weight is 391 g/mol. The number of halogens is 1. The van der Waals surface area contributed by atoms with E-state index in [0.717, 1.165) is 48.7 Å². The van der Waals surface area contributed by atoms with Crippen molar-refractivity contribution in [2.75, 3.05) is 31.5 Å². The predicted molar refractivity (Wildman–Crippen MR) is 116 cm³/mol. The third-order valence-electron chi connectivity index (χ3n) is 5.34. The number of hydrogen-bond acceptors (Lipinski definition) is 4. The van der Waals surface area contributed by atoms with E-state index in [-0.39, 0.29) is 11.6 Å². The number of aromatic hydroxyl groups is 1. The molecule has 0 radical (unpaired) electrons.